The summed E-state index contributed by atoms with van der Waals surface area (Å²) in [7, 11) is 0. The molecule has 1 aromatic heterocycles. The largest absolute Gasteiger partial charge is 0.444 e. The van der Waals surface area contributed by atoms with Crippen LogP contribution >= 0.6 is 0 Å². The van der Waals surface area contributed by atoms with Gasteiger partial charge in [0.2, 0.25) is 5.89 Å². The third-order valence-corrected chi connectivity index (χ3v) is 3.85. The van der Waals surface area contributed by atoms with Crippen LogP contribution in [0.1, 0.15) is 16.8 Å². The molecule has 0 fully saturated rings. The van der Waals surface area contributed by atoms with Crippen molar-refractivity contribution in [2.45, 2.75) is 26.0 Å². The van der Waals surface area contributed by atoms with Crippen molar-refractivity contribution in [2.24, 2.45) is 0 Å². The van der Waals surface area contributed by atoms with Crippen LogP contribution in [0.15, 0.2) is 65.3 Å². The van der Waals surface area contributed by atoms with Gasteiger partial charge in [-0.1, -0.05) is 48.0 Å². The summed E-state index contributed by atoms with van der Waals surface area (Å²) in [6.45, 7) is 3.14. The van der Waals surface area contributed by atoms with E-state index < -0.39 is 6.10 Å². The Kier molecular flexibility index (Phi) is 5.41. The fraction of sp³-hybridized carbons (Fsp3) is 0.250. The van der Waals surface area contributed by atoms with E-state index in [0.717, 1.165) is 16.8 Å². The summed E-state index contributed by atoms with van der Waals surface area (Å²) in [5, 5.41) is 13.3. The van der Waals surface area contributed by atoms with Gasteiger partial charge in [-0.25, -0.2) is 4.98 Å². The van der Waals surface area contributed by atoms with Crippen LogP contribution in [0.5, 0.6) is 0 Å². The number of aryl methyl sites for hydroxylation is 1. The monoisotopic (exact) mass is 322 g/mol. The number of nitrogens with zero attached hydrogens (tertiary/aromatic N) is 1. The second-order valence-corrected chi connectivity index (χ2v) is 5.98. The standard InChI is InChI=1S/C20H22N2O2/c1-15-7-9-17(10-8-15)20-22-18(14-24-20)12-21-13-19(23)11-16-5-3-2-4-6-16/h2-10,14,19,21,23H,11-13H2,1H3. The first-order chi connectivity index (χ1) is 11.7. The van der Waals surface area contributed by atoms with Crippen molar-refractivity contribution in [2.75, 3.05) is 6.54 Å². The summed E-state index contributed by atoms with van der Waals surface area (Å²) in [6, 6.07) is 18.1. The number of hydrogen-bond acceptors (Lipinski definition) is 4. The van der Waals surface area contributed by atoms with E-state index in [4.69, 9.17) is 4.42 Å². The van der Waals surface area contributed by atoms with Gasteiger partial charge < -0.3 is 14.8 Å². The number of aromatic nitrogens is 1. The lowest BCUT2D eigenvalue weighted by Gasteiger charge is -2.11. The lowest BCUT2D eigenvalue weighted by atomic mass is 10.1. The molecule has 2 N–H and O–H groups in total. The molecule has 0 spiro atoms. The first-order valence-corrected chi connectivity index (χ1v) is 8.15. The maximum Gasteiger partial charge on any atom is 0.226 e. The van der Waals surface area contributed by atoms with Gasteiger partial charge in [-0.3, -0.25) is 0 Å². The van der Waals surface area contributed by atoms with Crippen LogP contribution in [-0.4, -0.2) is 22.7 Å². The SMILES string of the molecule is Cc1ccc(-c2nc(CNCC(O)Cc3ccccc3)co2)cc1. The van der Waals surface area contributed by atoms with Crippen molar-refractivity contribution in [1.29, 1.82) is 0 Å². The van der Waals surface area contributed by atoms with Crippen LogP contribution in [0, 0.1) is 6.92 Å². The maximum atomic E-state index is 10.1. The van der Waals surface area contributed by atoms with Crippen LogP contribution in [0.3, 0.4) is 0 Å². The topological polar surface area (TPSA) is 58.3 Å². The maximum absolute atomic E-state index is 10.1. The molecule has 1 atom stereocenters. The van der Waals surface area contributed by atoms with Crippen LogP contribution in [-0.2, 0) is 13.0 Å². The highest BCUT2D eigenvalue weighted by atomic mass is 16.3. The van der Waals surface area contributed by atoms with Crippen LogP contribution in [0.25, 0.3) is 11.5 Å². The molecule has 0 aliphatic carbocycles. The molecule has 3 rings (SSSR count). The first kappa shape index (κ1) is 16.4. The Morgan fingerprint density at radius 3 is 2.58 bits per heavy atom. The molecule has 0 aliphatic heterocycles. The molecule has 1 heterocycles. The molecule has 0 saturated carbocycles. The van der Waals surface area contributed by atoms with Gasteiger partial charge >= 0.3 is 0 Å². The fourth-order valence-electron chi connectivity index (χ4n) is 2.54. The van der Waals surface area contributed by atoms with E-state index >= 15 is 0 Å². The molecule has 0 bridgehead atoms. The molecule has 124 valence electrons. The van der Waals surface area contributed by atoms with Crippen LogP contribution in [0.4, 0.5) is 0 Å². The number of nitrogens with one attached hydrogen (secondary N) is 1. The Morgan fingerprint density at radius 2 is 1.83 bits per heavy atom. The van der Waals surface area contributed by atoms with Crippen molar-refractivity contribution in [3.05, 3.63) is 77.7 Å². The number of rotatable bonds is 7. The highest BCUT2D eigenvalue weighted by Crippen LogP contribution is 2.19. The van der Waals surface area contributed by atoms with Gasteiger partial charge in [0.1, 0.15) is 6.26 Å². The molecular formula is C20H22N2O2. The predicted molar refractivity (Wildman–Crippen MR) is 94.5 cm³/mol. The Morgan fingerprint density at radius 1 is 1.08 bits per heavy atom. The number of aliphatic hydroxyl groups excluding tert-OH is 1. The number of benzene rings is 2. The fourth-order valence-corrected chi connectivity index (χ4v) is 2.54. The third kappa shape index (κ3) is 4.54. The van der Waals surface area contributed by atoms with Gasteiger partial charge in [0, 0.05) is 18.7 Å². The number of aliphatic hydroxyl groups is 1. The summed E-state index contributed by atoms with van der Waals surface area (Å²) >= 11 is 0. The Balaban J connectivity index is 1.48. The molecule has 24 heavy (non-hydrogen) atoms. The predicted octanol–water partition coefficient (Wildman–Crippen LogP) is 3.34. The van der Waals surface area contributed by atoms with Crippen molar-refractivity contribution in [3.63, 3.8) is 0 Å². The first-order valence-electron chi connectivity index (χ1n) is 8.15. The molecule has 0 radical (unpaired) electrons. The summed E-state index contributed by atoms with van der Waals surface area (Å²) in [5.41, 5.74) is 4.14. The molecule has 3 aromatic rings. The van der Waals surface area contributed by atoms with Gasteiger partial charge in [0.05, 0.1) is 11.8 Å². The van der Waals surface area contributed by atoms with Crippen molar-refractivity contribution in [1.82, 2.24) is 10.3 Å². The zero-order valence-electron chi connectivity index (χ0n) is 13.8. The summed E-state index contributed by atoms with van der Waals surface area (Å²) < 4.78 is 5.53. The highest BCUT2D eigenvalue weighted by molar-refractivity contribution is 5.53. The molecule has 0 saturated heterocycles. The average molecular weight is 322 g/mol. The smallest absolute Gasteiger partial charge is 0.226 e. The zero-order chi connectivity index (χ0) is 16.8. The molecule has 4 nitrogen and oxygen atoms in total. The van der Waals surface area contributed by atoms with Crippen molar-refractivity contribution in [3.8, 4) is 11.5 Å². The van der Waals surface area contributed by atoms with E-state index in [1.807, 2.05) is 54.6 Å². The summed E-state index contributed by atoms with van der Waals surface area (Å²) in [6.07, 6.45) is 1.88. The van der Waals surface area contributed by atoms with Gasteiger partial charge in [0.15, 0.2) is 0 Å². The van der Waals surface area contributed by atoms with Gasteiger partial charge in [-0.05, 0) is 31.0 Å². The molecule has 1 unspecified atom stereocenters. The minimum absolute atomic E-state index is 0.420. The van der Waals surface area contributed by atoms with Crippen LogP contribution in [0.2, 0.25) is 0 Å². The van der Waals surface area contributed by atoms with Crippen molar-refractivity contribution < 1.29 is 9.52 Å². The lowest BCUT2D eigenvalue weighted by molar-refractivity contribution is 0.171. The van der Waals surface area contributed by atoms with Gasteiger partial charge in [-0.15, -0.1) is 0 Å². The molecule has 4 heteroatoms. The summed E-state index contributed by atoms with van der Waals surface area (Å²) in [4.78, 5) is 4.48. The third-order valence-electron chi connectivity index (χ3n) is 3.85. The molecule has 2 aromatic carbocycles. The second kappa shape index (κ2) is 7.90. The quantitative estimate of drug-likeness (QED) is 0.700. The Hall–Kier alpha value is -2.43. The van der Waals surface area contributed by atoms with E-state index in [2.05, 4.69) is 17.2 Å². The second-order valence-electron chi connectivity index (χ2n) is 5.98. The molecule has 0 aliphatic rings. The lowest BCUT2D eigenvalue weighted by Crippen LogP contribution is -2.28. The zero-order valence-corrected chi connectivity index (χ0v) is 13.8. The van der Waals surface area contributed by atoms with E-state index in [1.54, 1.807) is 6.26 Å². The average Bonchev–Trinajstić information content (AvgIpc) is 3.05. The number of hydrogen-bond donors (Lipinski definition) is 2. The minimum Gasteiger partial charge on any atom is -0.444 e. The van der Waals surface area contributed by atoms with E-state index in [0.29, 0.717) is 25.4 Å². The highest BCUT2D eigenvalue weighted by Gasteiger charge is 2.08. The van der Waals surface area contributed by atoms with Crippen molar-refractivity contribution >= 4 is 0 Å². The Bertz CT molecular complexity index is 751. The van der Waals surface area contributed by atoms with E-state index in [1.165, 1.54) is 5.56 Å². The van der Waals surface area contributed by atoms with E-state index in [9.17, 15) is 5.11 Å². The van der Waals surface area contributed by atoms with E-state index in [-0.39, 0.29) is 0 Å². The number of oxazole rings is 1. The minimum atomic E-state index is -0.420. The van der Waals surface area contributed by atoms with Gasteiger partial charge in [-0.2, -0.15) is 0 Å². The summed E-state index contributed by atoms with van der Waals surface area (Å²) in [5.74, 6) is 0.622. The Labute approximate surface area is 142 Å². The normalized spacial score (nSPS) is 12.2. The molecular weight excluding hydrogens is 300 g/mol. The van der Waals surface area contributed by atoms with Crippen LogP contribution < -0.4 is 5.32 Å². The molecule has 0 amide bonds. The van der Waals surface area contributed by atoms with Gasteiger partial charge in [0.25, 0.3) is 0 Å².